The van der Waals surface area contributed by atoms with Crippen LogP contribution in [0.4, 0.5) is 5.69 Å². The zero-order valence-corrected chi connectivity index (χ0v) is 14.6. The van der Waals surface area contributed by atoms with Gasteiger partial charge in [0.15, 0.2) is 0 Å². The summed E-state index contributed by atoms with van der Waals surface area (Å²) in [6, 6.07) is 4.40. The quantitative estimate of drug-likeness (QED) is 0.855. The van der Waals surface area contributed by atoms with Crippen molar-refractivity contribution in [2.45, 2.75) is 45.6 Å². The Morgan fingerprint density at radius 2 is 2.08 bits per heavy atom. The fraction of sp³-hybridized carbons (Fsp3) is 0.500. The van der Waals surface area contributed by atoms with E-state index in [1.165, 1.54) is 0 Å². The Labute approximate surface area is 147 Å². The topological polar surface area (TPSA) is 87.7 Å². The molecule has 2 aromatic heterocycles. The number of nitrogens with zero attached hydrogens (tertiary/aromatic N) is 6. The molecule has 2 aromatic rings. The summed E-state index contributed by atoms with van der Waals surface area (Å²) >= 11 is 0. The van der Waals surface area contributed by atoms with Crippen LogP contribution in [0, 0.1) is 24.2 Å². The summed E-state index contributed by atoms with van der Waals surface area (Å²) in [7, 11) is 0. The molecule has 0 bridgehead atoms. The Hall–Kier alpha value is -2.75. The van der Waals surface area contributed by atoms with Gasteiger partial charge in [-0.2, -0.15) is 20.6 Å². The first kappa shape index (κ1) is 17.1. The molecule has 0 radical (unpaired) electrons. The van der Waals surface area contributed by atoms with Crippen molar-refractivity contribution >= 4 is 11.6 Å². The lowest BCUT2D eigenvalue weighted by molar-refractivity contribution is 0.0987. The molecule has 0 atom stereocenters. The van der Waals surface area contributed by atoms with Crippen molar-refractivity contribution in [3.05, 3.63) is 35.9 Å². The van der Waals surface area contributed by atoms with Gasteiger partial charge in [-0.1, -0.05) is 0 Å². The molecule has 1 saturated carbocycles. The molecule has 0 aromatic carbocycles. The zero-order chi connectivity index (χ0) is 17.8. The Morgan fingerprint density at radius 1 is 1.32 bits per heavy atom. The van der Waals surface area contributed by atoms with Gasteiger partial charge in [-0.25, -0.2) is 0 Å². The van der Waals surface area contributed by atoms with Crippen LogP contribution in [0.25, 0.3) is 0 Å². The number of amides is 1. The predicted molar refractivity (Wildman–Crippen MR) is 93.0 cm³/mol. The summed E-state index contributed by atoms with van der Waals surface area (Å²) in [6.45, 7) is 4.42. The largest absolute Gasteiger partial charge is 0.307 e. The first-order chi connectivity index (χ1) is 12.2. The lowest BCUT2D eigenvalue weighted by atomic mass is 9.87. The zero-order valence-electron chi connectivity index (χ0n) is 14.6. The Bertz CT molecular complexity index is 771. The van der Waals surface area contributed by atoms with Crippen LogP contribution in [0.3, 0.4) is 0 Å². The van der Waals surface area contributed by atoms with Crippen molar-refractivity contribution in [2.75, 3.05) is 11.4 Å². The van der Waals surface area contributed by atoms with Gasteiger partial charge in [0.25, 0.3) is 5.91 Å². The van der Waals surface area contributed by atoms with Crippen LogP contribution in [-0.2, 0) is 0 Å². The molecule has 0 unspecified atom stereocenters. The maximum absolute atomic E-state index is 13.0. The number of aromatic nitrogens is 4. The molecule has 1 fully saturated rings. The van der Waals surface area contributed by atoms with E-state index < -0.39 is 0 Å². The molecule has 2 heterocycles. The van der Waals surface area contributed by atoms with Crippen molar-refractivity contribution in [1.29, 1.82) is 5.26 Å². The van der Waals surface area contributed by atoms with Crippen molar-refractivity contribution in [2.24, 2.45) is 5.92 Å². The van der Waals surface area contributed by atoms with E-state index in [-0.39, 0.29) is 17.9 Å². The van der Waals surface area contributed by atoms with Crippen LogP contribution in [0.5, 0.6) is 0 Å². The smallest absolute Gasteiger partial charge is 0.261 e. The van der Waals surface area contributed by atoms with Crippen LogP contribution in [0.2, 0.25) is 0 Å². The standard InChI is InChI=1S/C18H22N6O/c1-3-23(16-8-9-20-21-11-16)18(25)17-12-22-24(13(17)2)15-6-4-14(10-19)5-7-15/h8-9,11-12,14-15H,3-7H2,1-2H3. The monoisotopic (exact) mass is 338 g/mol. The van der Waals surface area contributed by atoms with Gasteiger partial charge in [0.2, 0.25) is 0 Å². The second-order valence-electron chi connectivity index (χ2n) is 6.37. The molecular weight excluding hydrogens is 316 g/mol. The summed E-state index contributed by atoms with van der Waals surface area (Å²) in [5.74, 6) is 0.0768. The molecule has 0 saturated heterocycles. The molecule has 0 N–H and O–H groups in total. The van der Waals surface area contributed by atoms with Gasteiger partial charge in [-0.3, -0.25) is 9.48 Å². The maximum Gasteiger partial charge on any atom is 0.261 e. The number of carbonyl (C=O) groups is 1. The highest BCUT2D eigenvalue weighted by molar-refractivity contribution is 6.06. The highest BCUT2D eigenvalue weighted by Gasteiger charge is 2.27. The van der Waals surface area contributed by atoms with Gasteiger partial charge < -0.3 is 4.90 Å². The summed E-state index contributed by atoms with van der Waals surface area (Å²) in [5, 5.41) is 21.1. The molecule has 7 heteroatoms. The summed E-state index contributed by atoms with van der Waals surface area (Å²) < 4.78 is 1.96. The predicted octanol–water partition coefficient (Wildman–Crippen LogP) is 2.90. The van der Waals surface area contributed by atoms with E-state index in [2.05, 4.69) is 21.4 Å². The fourth-order valence-corrected chi connectivity index (χ4v) is 3.48. The second-order valence-corrected chi connectivity index (χ2v) is 6.37. The lowest BCUT2D eigenvalue weighted by Crippen LogP contribution is -2.31. The van der Waals surface area contributed by atoms with Crippen molar-refractivity contribution in [1.82, 2.24) is 20.0 Å². The molecule has 1 aliphatic carbocycles. The van der Waals surface area contributed by atoms with Gasteiger partial charge in [0, 0.05) is 18.2 Å². The van der Waals surface area contributed by atoms with Gasteiger partial charge in [-0.15, -0.1) is 0 Å². The van der Waals surface area contributed by atoms with Gasteiger partial charge in [0.1, 0.15) is 0 Å². The fourth-order valence-electron chi connectivity index (χ4n) is 3.48. The lowest BCUT2D eigenvalue weighted by Gasteiger charge is -2.26. The molecule has 1 aliphatic rings. The number of carbonyl (C=O) groups excluding carboxylic acids is 1. The molecule has 1 amide bonds. The summed E-state index contributed by atoms with van der Waals surface area (Å²) in [4.78, 5) is 14.6. The first-order valence-electron chi connectivity index (χ1n) is 8.68. The average Bonchev–Trinajstić information content (AvgIpc) is 3.04. The minimum atomic E-state index is -0.0787. The van der Waals surface area contributed by atoms with E-state index in [1.54, 1.807) is 29.6 Å². The number of rotatable bonds is 4. The third kappa shape index (κ3) is 3.38. The van der Waals surface area contributed by atoms with Crippen LogP contribution in [-0.4, -0.2) is 32.4 Å². The summed E-state index contributed by atoms with van der Waals surface area (Å²) in [5.41, 5.74) is 2.22. The molecule has 0 aliphatic heterocycles. The molecular formula is C18H22N6O. The van der Waals surface area contributed by atoms with Gasteiger partial charge in [0.05, 0.1) is 42.0 Å². The van der Waals surface area contributed by atoms with Crippen LogP contribution in [0.15, 0.2) is 24.7 Å². The summed E-state index contributed by atoms with van der Waals surface area (Å²) in [6.07, 6.45) is 8.48. The Balaban J connectivity index is 1.81. The molecule has 130 valence electrons. The van der Waals surface area contributed by atoms with E-state index in [0.717, 1.165) is 37.1 Å². The SMILES string of the molecule is CCN(C(=O)c1cnn(C2CCC(C#N)CC2)c1C)c1ccnnc1. The minimum Gasteiger partial charge on any atom is -0.307 e. The third-order valence-electron chi connectivity index (χ3n) is 4.94. The van der Waals surface area contributed by atoms with E-state index in [4.69, 9.17) is 5.26 Å². The van der Waals surface area contributed by atoms with Crippen LogP contribution >= 0.6 is 0 Å². The number of hydrogen-bond donors (Lipinski definition) is 0. The number of hydrogen-bond acceptors (Lipinski definition) is 5. The second kappa shape index (κ2) is 7.43. The average molecular weight is 338 g/mol. The van der Waals surface area contributed by atoms with Crippen LogP contribution < -0.4 is 4.90 Å². The molecule has 3 rings (SSSR count). The maximum atomic E-state index is 13.0. The van der Waals surface area contributed by atoms with Gasteiger partial charge in [-0.05, 0) is 45.6 Å². The molecule has 25 heavy (non-hydrogen) atoms. The van der Waals surface area contributed by atoms with E-state index >= 15 is 0 Å². The normalized spacial score (nSPS) is 20.0. The Morgan fingerprint density at radius 3 is 2.68 bits per heavy atom. The Kier molecular flexibility index (Phi) is 5.08. The minimum absolute atomic E-state index is 0.0787. The highest BCUT2D eigenvalue weighted by Crippen LogP contribution is 2.32. The highest BCUT2D eigenvalue weighted by atomic mass is 16.2. The van der Waals surface area contributed by atoms with Crippen LogP contribution in [0.1, 0.15) is 54.7 Å². The van der Waals surface area contributed by atoms with Crippen molar-refractivity contribution in [3.8, 4) is 6.07 Å². The van der Waals surface area contributed by atoms with E-state index in [9.17, 15) is 4.79 Å². The first-order valence-corrected chi connectivity index (χ1v) is 8.68. The van der Waals surface area contributed by atoms with E-state index in [1.807, 2.05) is 18.5 Å². The number of nitriles is 1. The third-order valence-corrected chi connectivity index (χ3v) is 4.94. The van der Waals surface area contributed by atoms with E-state index in [0.29, 0.717) is 12.1 Å². The molecule has 7 nitrogen and oxygen atoms in total. The van der Waals surface area contributed by atoms with Gasteiger partial charge >= 0.3 is 0 Å². The molecule has 0 spiro atoms. The van der Waals surface area contributed by atoms with Crippen molar-refractivity contribution < 1.29 is 4.79 Å². The van der Waals surface area contributed by atoms with Crippen molar-refractivity contribution in [3.63, 3.8) is 0 Å². The number of anilines is 1.